The molecule has 6 aliphatic rings. The van der Waals surface area contributed by atoms with Crippen molar-refractivity contribution in [3.05, 3.63) is 11.6 Å². The summed E-state index contributed by atoms with van der Waals surface area (Å²) in [7, 11) is 0. The molecule has 3 saturated carbocycles. The first-order valence-corrected chi connectivity index (χ1v) is 14.9. The van der Waals surface area contributed by atoms with Crippen molar-refractivity contribution in [1.82, 2.24) is 0 Å². The van der Waals surface area contributed by atoms with E-state index in [0.717, 1.165) is 32.1 Å². The Hall–Kier alpha value is -1.20. The minimum atomic E-state index is -0.475. The summed E-state index contributed by atoms with van der Waals surface area (Å²) in [6, 6.07) is 0. The number of Topliss-reactive ketones (excluding diaryl/α,β-unsaturated/α-hetero) is 1. The van der Waals surface area contributed by atoms with Crippen LogP contribution in [0.5, 0.6) is 0 Å². The van der Waals surface area contributed by atoms with Gasteiger partial charge in [0, 0.05) is 24.7 Å². The lowest BCUT2D eigenvalue weighted by Gasteiger charge is -2.63. The third-order valence-corrected chi connectivity index (χ3v) is 13.0. The molecule has 37 heavy (non-hydrogen) atoms. The fraction of sp³-hybridized carbons (Fsp3) is 0.875. The monoisotopic (exact) mass is 512 g/mol. The first-order valence-electron chi connectivity index (χ1n) is 14.9. The average Bonchev–Trinajstić information content (AvgIpc) is 3.12. The van der Waals surface area contributed by atoms with Gasteiger partial charge >= 0.3 is 5.97 Å². The SMILES string of the molecule is CC(=O)OC1OC(C2OC2(C)C)CC1C1CCC2(C)C3=CCC4C(C)(C)C(=O)CCC4(C)C3CCC12C. The number of carbonyl (C=O) groups excluding carboxylic acids is 2. The zero-order valence-corrected chi connectivity index (χ0v) is 24.3. The molecule has 2 aliphatic heterocycles. The first-order chi connectivity index (χ1) is 17.1. The molecule has 4 aliphatic carbocycles. The van der Waals surface area contributed by atoms with Crippen LogP contribution in [0.4, 0.5) is 0 Å². The summed E-state index contributed by atoms with van der Waals surface area (Å²) in [4.78, 5) is 25.0. The minimum absolute atomic E-state index is 0.00767. The molecule has 206 valence electrons. The minimum Gasteiger partial charge on any atom is -0.436 e. The van der Waals surface area contributed by atoms with Crippen LogP contribution in [-0.2, 0) is 23.8 Å². The first kappa shape index (κ1) is 26.0. The second-order valence-electron chi connectivity index (χ2n) is 15.3. The number of ketones is 1. The van der Waals surface area contributed by atoms with E-state index < -0.39 is 6.29 Å². The van der Waals surface area contributed by atoms with Crippen molar-refractivity contribution >= 4 is 11.8 Å². The fourth-order valence-corrected chi connectivity index (χ4v) is 10.6. The van der Waals surface area contributed by atoms with Gasteiger partial charge in [-0.3, -0.25) is 9.59 Å². The maximum Gasteiger partial charge on any atom is 0.304 e. The summed E-state index contributed by atoms with van der Waals surface area (Å²) < 4.78 is 18.2. The van der Waals surface area contributed by atoms with Crippen molar-refractivity contribution < 1.29 is 23.8 Å². The Kier molecular flexibility index (Phi) is 5.58. The lowest BCUT2D eigenvalue weighted by Crippen LogP contribution is -2.57. The molecule has 0 spiro atoms. The molecule has 5 nitrogen and oxygen atoms in total. The van der Waals surface area contributed by atoms with E-state index >= 15 is 0 Å². The number of esters is 1. The summed E-state index contributed by atoms with van der Waals surface area (Å²) in [5.74, 6) is 1.84. The van der Waals surface area contributed by atoms with Crippen molar-refractivity contribution in [2.45, 2.75) is 131 Å². The molecule has 0 bridgehead atoms. The van der Waals surface area contributed by atoms with E-state index in [4.69, 9.17) is 14.2 Å². The molecule has 0 aromatic carbocycles. The maximum absolute atomic E-state index is 12.9. The molecule has 2 heterocycles. The quantitative estimate of drug-likeness (QED) is 0.241. The van der Waals surface area contributed by atoms with E-state index in [1.54, 1.807) is 5.57 Å². The van der Waals surface area contributed by atoms with Crippen LogP contribution in [0.2, 0.25) is 0 Å². The highest BCUT2D eigenvalue weighted by atomic mass is 16.7. The molecule has 0 radical (unpaired) electrons. The van der Waals surface area contributed by atoms with Gasteiger partial charge in [0.2, 0.25) is 6.29 Å². The zero-order chi connectivity index (χ0) is 26.8. The van der Waals surface area contributed by atoms with Gasteiger partial charge in [-0.25, -0.2) is 0 Å². The van der Waals surface area contributed by atoms with E-state index in [1.807, 2.05) is 0 Å². The van der Waals surface area contributed by atoms with Crippen molar-refractivity contribution in [3.63, 3.8) is 0 Å². The number of hydrogen-bond donors (Lipinski definition) is 0. The molecular formula is C32H48O5. The van der Waals surface area contributed by atoms with Crippen molar-refractivity contribution in [2.24, 2.45) is 45.3 Å². The maximum atomic E-state index is 12.9. The van der Waals surface area contributed by atoms with Crippen LogP contribution in [-0.4, -0.2) is 35.9 Å². The Morgan fingerprint density at radius 1 is 1.03 bits per heavy atom. The number of carbonyl (C=O) groups is 2. The van der Waals surface area contributed by atoms with Gasteiger partial charge in [-0.05, 0) is 92.8 Å². The lowest BCUT2D eigenvalue weighted by molar-refractivity contribution is -0.186. The summed E-state index contributed by atoms with van der Waals surface area (Å²) in [5, 5.41) is 0. The summed E-state index contributed by atoms with van der Waals surface area (Å²) in [5.41, 5.74) is 1.76. The van der Waals surface area contributed by atoms with E-state index in [0.29, 0.717) is 23.5 Å². The van der Waals surface area contributed by atoms with Crippen LogP contribution < -0.4 is 0 Å². The molecule has 2 saturated heterocycles. The van der Waals surface area contributed by atoms with Crippen LogP contribution in [0, 0.1) is 45.3 Å². The summed E-state index contributed by atoms with van der Waals surface area (Å²) in [6.07, 6.45) is 10.6. The Labute approximate surface area is 223 Å². The van der Waals surface area contributed by atoms with Crippen molar-refractivity contribution in [3.8, 4) is 0 Å². The topological polar surface area (TPSA) is 65.1 Å². The number of allylic oxidation sites excluding steroid dienone is 2. The van der Waals surface area contributed by atoms with Gasteiger partial charge in [0.15, 0.2) is 0 Å². The predicted molar refractivity (Wildman–Crippen MR) is 141 cm³/mol. The highest BCUT2D eigenvalue weighted by Gasteiger charge is 2.68. The van der Waals surface area contributed by atoms with Gasteiger partial charge in [-0.1, -0.05) is 46.3 Å². The predicted octanol–water partition coefficient (Wildman–Crippen LogP) is 6.63. The van der Waals surface area contributed by atoms with Crippen LogP contribution in [0.1, 0.15) is 107 Å². The highest BCUT2D eigenvalue weighted by molar-refractivity contribution is 5.85. The van der Waals surface area contributed by atoms with E-state index in [-0.39, 0.29) is 51.4 Å². The zero-order valence-electron chi connectivity index (χ0n) is 24.3. The van der Waals surface area contributed by atoms with E-state index in [1.165, 1.54) is 26.2 Å². The lowest BCUT2D eigenvalue weighted by atomic mass is 9.41. The molecule has 10 unspecified atom stereocenters. The number of rotatable bonds is 3. The van der Waals surface area contributed by atoms with Gasteiger partial charge < -0.3 is 14.2 Å². The number of hydrogen-bond acceptors (Lipinski definition) is 5. The van der Waals surface area contributed by atoms with Crippen LogP contribution in [0.3, 0.4) is 0 Å². The van der Waals surface area contributed by atoms with Crippen LogP contribution in [0.15, 0.2) is 11.6 Å². The smallest absolute Gasteiger partial charge is 0.304 e. The number of epoxide rings is 1. The van der Waals surface area contributed by atoms with Gasteiger partial charge in [0.1, 0.15) is 11.9 Å². The molecule has 5 fully saturated rings. The largest absolute Gasteiger partial charge is 0.436 e. The number of ether oxygens (including phenoxy) is 3. The molecule has 6 rings (SSSR count). The summed E-state index contributed by atoms with van der Waals surface area (Å²) >= 11 is 0. The second-order valence-corrected chi connectivity index (χ2v) is 15.3. The third kappa shape index (κ3) is 3.47. The summed E-state index contributed by atoms with van der Waals surface area (Å²) in [6.45, 7) is 17.7. The molecule has 0 aromatic rings. The normalized spacial score (nSPS) is 51.5. The Balaban J connectivity index is 1.31. The molecular weight excluding hydrogens is 464 g/mol. The van der Waals surface area contributed by atoms with E-state index in [9.17, 15) is 9.59 Å². The van der Waals surface area contributed by atoms with Gasteiger partial charge in [-0.15, -0.1) is 0 Å². The second kappa shape index (κ2) is 7.93. The molecule has 0 N–H and O–H groups in total. The van der Waals surface area contributed by atoms with Crippen LogP contribution >= 0.6 is 0 Å². The van der Waals surface area contributed by atoms with Crippen molar-refractivity contribution in [2.75, 3.05) is 0 Å². The molecule has 0 aromatic heterocycles. The van der Waals surface area contributed by atoms with Crippen molar-refractivity contribution in [1.29, 1.82) is 0 Å². The molecule has 10 atom stereocenters. The van der Waals surface area contributed by atoms with Gasteiger partial charge in [0.25, 0.3) is 0 Å². The van der Waals surface area contributed by atoms with Gasteiger partial charge in [0.05, 0.1) is 11.7 Å². The van der Waals surface area contributed by atoms with Crippen LogP contribution in [0.25, 0.3) is 0 Å². The molecule has 0 amide bonds. The highest BCUT2D eigenvalue weighted by Crippen LogP contribution is 2.73. The Morgan fingerprint density at radius 3 is 2.38 bits per heavy atom. The average molecular weight is 513 g/mol. The fourth-order valence-electron chi connectivity index (χ4n) is 10.6. The standard InChI is InChI=1S/C32H48O5/c1-18(33)35-27-19(17-23(36-27)26-29(4,5)37-26)20-11-15-32(8)22-9-10-24-28(2,3)25(34)13-14-30(24,6)21(22)12-16-31(20,32)7/h9,19-21,23-24,26-27H,10-17H2,1-8H3. The third-order valence-electron chi connectivity index (χ3n) is 13.0. The van der Waals surface area contributed by atoms with E-state index in [2.05, 4.69) is 54.5 Å². The Bertz CT molecular complexity index is 1040. The van der Waals surface area contributed by atoms with Gasteiger partial charge in [-0.2, -0.15) is 0 Å². The number of fused-ring (bicyclic) bond motifs is 5. The Morgan fingerprint density at radius 2 is 1.73 bits per heavy atom. The molecule has 5 heteroatoms.